The van der Waals surface area contributed by atoms with Gasteiger partial charge in [0.2, 0.25) is 0 Å². The minimum Gasteiger partial charge on any atom is -0.458 e. The first-order valence-corrected chi connectivity index (χ1v) is 5.71. The van der Waals surface area contributed by atoms with E-state index in [1.165, 1.54) is 0 Å². The number of hydrogen-bond donors (Lipinski definition) is 0. The minimum atomic E-state index is -0.744. The van der Waals surface area contributed by atoms with E-state index in [0.29, 0.717) is 5.02 Å². The number of carbonyl (C=O) groups is 1. The van der Waals surface area contributed by atoms with Crippen LogP contribution in [0.5, 0.6) is 0 Å². The van der Waals surface area contributed by atoms with Crippen molar-refractivity contribution >= 4 is 17.6 Å². The van der Waals surface area contributed by atoms with Crippen LogP contribution in [-0.2, 0) is 9.53 Å². The van der Waals surface area contributed by atoms with Crippen molar-refractivity contribution in [2.75, 3.05) is 0 Å². The second-order valence-corrected chi connectivity index (χ2v) is 5.10. The van der Waals surface area contributed by atoms with Crippen LogP contribution in [0.15, 0.2) is 24.3 Å². The number of nitriles is 1. The summed E-state index contributed by atoms with van der Waals surface area (Å²) in [7, 11) is 0. The summed E-state index contributed by atoms with van der Waals surface area (Å²) in [5.41, 5.74) is 0.238. The number of halogens is 1. The fraction of sp³-hybridized carbons (Fsp3) is 0.385. The summed E-state index contributed by atoms with van der Waals surface area (Å²) in [6.45, 7) is 3.64. The highest BCUT2D eigenvalue weighted by Crippen LogP contribution is 2.44. The Kier molecular flexibility index (Phi) is 2.84. The summed E-state index contributed by atoms with van der Waals surface area (Å²) in [5, 5.41) is 9.71. The maximum Gasteiger partial charge on any atom is 0.324 e. The zero-order valence-electron chi connectivity index (χ0n) is 9.61. The predicted octanol–water partition coefficient (Wildman–Crippen LogP) is 2.90. The van der Waals surface area contributed by atoms with Crippen LogP contribution in [0.3, 0.4) is 0 Å². The van der Waals surface area contributed by atoms with Gasteiger partial charge >= 0.3 is 5.97 Å². The molecule has 0 saturated carbocycles. The molecule has 1 heterocycles. The molecule has 4 heteroatoms. The Hall–Kier alpha value is -1.53. The largest absolute Gasteiger partial charge is 0.458 e. The molecule has 0 radical (unpaired) electrons. The quantitative estimate of drug-likeness (QED) is 0.719. The van der Waals surface area contributed by atoms with Gasteiger partial charge in [-0.05, 0) is 31.5 Å². The third-order valence-electron chi connectivity index (χ3n) is 3.07. The van der Waals surface area contributed by atoms with Crippen molar-refractivity contribution in [1.82, 2.24) is 0 Å². The van der Waals surface area contributed by atoms with Gasteiger partial charge < -0.3 is 4.74 Å². The van der Waals surface area contributed by atoms with Gasteiger partial charge in [-0.15, -0.1) is 0 Å². The predicted molar refractivity (Wildman–Crippen MR) is 63.5 cm³/mol. The van der Waals surface area contributed by atoms with Crippen LogP contribution in [0.2, 0.25) is 5.02 Å². The van der Waals surface area contributed by atoms with Gasteiger partial charge in [0.25, 0.3) is 0 Å². The summed E-state index contributed by atoms with van der Waals surface area (Å²) in [5.74, 6) is -1.44. The average Bonchev–Trinajstić information content (AvgIpc) is 2.49. The molecule has 1 saturated heterocycles. The molecule has 17 heavy (non-hydrogen) atoms. The molecule has 1 aliphatic heterocycles. The van der Waals surface area contributed by atoms with Crippen molar-refractivity contribution in [2.45, 2.75) is 25.4 Å². The molecule has 0 N–H and O–H groups in total. The van der Waals surface area contributed by atoms with Crippen LogP contribution in [0.4, 0.5) is 0 Å². The number of hydrogen-bond acceptors (Lipinski definition) is 3. The molecule has 1 aromatic rings. The number of carbonyl (C=O) groups excluding carboxylic acids is 1. The topological polar surface area (TPSA) is 50.1 Å². The van der Waals surface area contributed by atoms with Gasteiger partial charge in [-0.25, -0.2) is 0 Å². The summed E-state index contributed by atoms with van der Waals surface area (Å²) in [4.78, 5) is 11.6. The molecule has 2 atom stereocenters. The Bertz CT molecular complexity index is 487. The monoisotopic (exact) mass is 249 g/mol. The average molecular weight is 250 g/mol. The van der Waals surface area contributed by atoms with Crippen LogP contribution >= 0.6 is 11.6 Å². The number of nitrogens with zero attached hydrogens (tertiary/aromatic N) is 1. The molecule has 0 unspecified atom stereocenters. The Morgan fingerprint density at radius 3 is 2.47 bits per heavy atom. The highest BCUT2D eigenvalue weighted by molar-refractivity contribution is 6.30. The van der Waals surface area contributed by atoms with Crippen molar-refractivity contribution in [3.05, 3.63) is 34.9 Å². The summed E-state index contributed by atoms with van der Waals surface area (Å²) < 4.78 is 5.26. The van der Waals surface area contributed by atoms with Crippen LogP contribution in [0, 0.1) is 17.2 Å². The first-order chi connectivity index (χ1) is 7.95. The number of rotatable bonds is 1. The number of esters is 1. The number of benzene rings is 1. The first kappa shape index (κ1) is 11.9. The Balaban J connectivity index is 2.45. The van der Waals surface area contributed by atoms with Crippen molar-refractivity contribution < 1.29 is 9.53 Å². The summed E-state index contributed by atoms with van der Waals surface area (Å²) >= 11 is 5.83. The van der Waals surface area contributed by atoms with E-state index in [9.17, 15) is 4.79 Å². The van der Waals surface area contributed by atoms with Crippen molar-refractivity contribution in [3.63, 3.8) is 0 Å². The molecule has 0 amide bonds. The molecule has 3 nitrogen and oxygen atoms in total. The minimum absolute atomic E-state index is 0.253. The van der Waals surface area contributed by atoms with Gasteiger partial charge in [0.05, 0.1) is 6.07 Å². The fourth-order valence-corrected chi connectivity index (χ4v) is 2.44. The lowest BCUT2D eigenvalue weighted by molar-refractivity contribution is -0.147. The molecule has 0 bridgehead atoms. The van der Waals surface area contributed by atoms with E-state index in [0.717, 1.165) is 5.56 Å². The Morgan fingerprint density at radius 2 is 1.94 bits per heavy atom. The normalized spacial score (nSPS) is 26.4. The van der Waals surface area contributed by atoms with E-state index in [-0.39, 0.29) is 5.92 Å². The van der Waals surface area contributed by atoms with E-state index in [4.69, 9.17) is 21.6 Å². The molecule has 88 valence electrons. The highest BCUT2D eigenvalue weighted by atomic mass is 35.5. The van der Waals surface area contributed by atoms with Gasteiger partial charge in [0, 0.05) is 10.9 Å². The smallest absolute Gasteiger partial charge is 0.324 e. The zero-order chi connectivity index (χ0) is 12.6. The number of cyclic esters (lactones) is 1. The van der Waals surface area contributed by atoms with Crippen molar-refractivity contribution in [3.8, 4) is 6.07 Å². The maximum absolute atomic E-state index is 11.6. The number of ether oxygens (including phenoxy) is 1. The van der Waals surface area contributed by atoms with Crippen LogP contribution in [0.1, 0.15) is 25.3 Å². The summed E-state index contributed by atoms with van der Waals surface area (Å²) in [6, 6.07) is 9.20. The van der Waals surface area contributed by atoms with Crippen LogP contribution < -0.4 is 0 Å². The van der Waals surface area contributed by atoms with Gasteiger partial charge in [-0.1, -0.05) is 23.7 Å². The van der Waals surface area contributed by atoms with E-state index >= 15 is 0 Å². The van der Waals surface area contributed by atoms with Gasteiger partial charge in [-0.3, -0.25) is 4.79 Å². The second kappa shape index (κ2) is 4.05. The van der Waals surface area contributed by atoms with E-state index in [1.54, 1.807) is 12.1 Å². The van der Waals surface area contributed by atoms with Gasteiger partial charge in [-0.2, -0.15) is 5.26 Å². The molecule has 0 spiro atoms. The summed E-state index contributed by atoms with van der Waals surface area (Å²) in [6.07, 6.45) is 0. The second-order valence-electron chi connectivity index (χ2n) is 4.66. The Morgan fingerprint density at radius 1 is 1.35 bits per heavy atom. The lowest BCUT2D eigenvalue weighted by Gasteiger charge is -2.25. The van der Waals surface area contributed by atoms with E-state index in [1.807, 2.05) is 32.0 Å². The SMILES string of the molecule is CC1(C)OC(=O)[C@@H](C#N)[C@H]1c1ccc(Cl)cc1. The highest BCUT2D eigenvalue weighted by Gasteiger charge is 2.50. The van der Waals surface area contributed by atoms with E-state index in [2.05, 4.69) is 0 Å². The Labute approximate surface area is 105 Å². The molecule has 1 aromatic carbocycles. The molecule has 2 rings (SSSR count). The fourth-order valence-electron chi connectivity index (χ4n) is 2.31. The molecule has 1 fully saturated rings. The maximum atomic E-state index is 11.6. The molecule has 1 aliphatic rings. The van der Waals surface area contributed by atoms with Crippen LogP contribution in [-0.4, -0.2) is 11.6 Å². The first-order valence-electron chi connectivity index (χ1n) is 5.33. The van der Waals surface area contributed by atoms with Gasteiger partial charge in [0.1, 0.15) is 5.60 Å². The molecular formula is C13H12ClNO2. The molecule has 0 aliphatic carbocycles. The third kappa shape index (κ3) is 2.01. The molecular weight excluding hydrogens is 238 g/mol. The zero-order valence-corrected chi connectivity index (χ0v) is 10.4. The lowest BCUT2D eigenvalue weighted by atomic mass is 9.79. The standard InChI is InChI=1S/C13H12ClNO2/c1-13(2)11(10(7-15)12(16)17-13)8-3-5-9(14)6-4-8/h3-6,10-11H,1-2H3/t10-,11+/m0/s1. The van der Waals surface area contributed by atoms with Gasteiger partial charge in [0.15, 0.2) is 5.92 Å². The van der Waals surface area contributed by atoms with Crippen LogP contribution in [0.25, 0.3) is 0 Å². The van der Waals surface area contributed by atoms with Crippen molar-refractivity contribution in [1.29, 1.82) is 5.26 Å². The van der Waals surface area contributed by atoms with E-state index < -0.39 is 17.5 Å². The lowest BCUT2D eigenvalue weighted by Crippen LogP contribution is -2.27. The third-order valence-corrected chi connectivity index (χ3v) is 3.32. The molecule has 0 aromatic heterocycles. The van der Waals surface area contributed by atoms with Crippen molar-refractivity contribution in [2.24, 2.45) is 5.92 Å².